The van der Waals surface area contributed by atoms with Crippen molar-refractivity contribution < 1.29 is 14.7 Å². The summed E-state index contributed by atoms with van der Waals surface area (Å²) in [6.07, 6.45) is 8.22. The van der Waals surface area contributed by atoms with Gasteiger partial charge in [-0.25, -0.2) is 0 Å². The quantitative estimate of drug-likeness (QED) is 0.486. The number of amides is 1. The number of hydrogen-bond acceptors (Lipinski definition) is 3. The predicted octanol–water partition coefficient (Wildman–Crippen LogP) is 6.05. The topological polar surface area (TPSA) is 83.6 Å². The summed E-state index contributed by atoms with van der Waals surface area (Å²) >= 11 is 0. The van der Waals surface area contributed by atoms with Crippen LogP contribution in [0.4, 0.5) is 5.69 Å². The van der Waals surface area contributed by atoms with Gasteiger partial charge in [-0.05, 0) is 60.3 Å². The molecule has 1 heterocycles. The van der Waals surface area contributed by atoms with Crippen LogP contribution in [0.2, 0.25) is 0 Å². The fraction of sp³-hybridized carbons (Fsp3) is 0.533. The highest BCUT2D eigenvalue weighted by molar-refractivity contribution is 6.03. The zero-order valence-electron chi connectivity index (χ0n) is 21.2. The maximum Gasteiger partial charge on any atom is 0.308 e. The number of aliphatic carboxylic acids is 1. The van der Waals surface area contributed by atoms with Crippen molar-refractivity contribution in [2.24, 2.45) is 17.6 Å². The van der Waals surface area contributed by atoms with Gasteiger partial charge in [-0.15, -0.1) is 0 Å². The zero-order valence-corrected chi connectivity index (χ0v) is 21.2. The van der Waals surface area contributed by atoms with Crippen molar-refractivity contribution in [1.82, 2.24) is 0 Å². The molecule has 1 aliphatic carbocycles. The minimum absolute atomic E-state index is 0.272. The summed E-state index contributed by atoms with van der Waals surface area (Å²) < 4.78 is 0. The number of nitrogens with two attached hydrogens (primary N) is 1. The molecule has 35 heavy (non-hydrogen) atoms. The van der Waals surface area contributed by atoms with Crippen LogP contribution in [0.25, 0.3) is 0 Å². The second-order valence-corrected chi connectivity index (χ2v) is 10.9. The van der Waals surface area contributed by atoms with Crippen molar-refractivity contribution in [2.75, 3.05) is 4.90 Å². The van der Waals surface area contributed by atoms with Crippen LogP contribution in [0, 0.1) is 11.8 Å². The minimum atomic E-state index is -1.43. The number of aryl methyl sites for hydroxylation is 1. The summed E-state index contributed by atoms with van der Waals surface area (Å²) in [6.45, 7) is 4.69. The molecule has 1 amide bonds. The van der Waals surface area contributed by atoms with Crippen molar-refractivity contribution in [1.29, 1.82) is 0 Å². The molecule has 2 aromatic rings. The Morgan fingerprint density at radius 2 is 1.77 bits per heavy atom. The molecule has 188 valence electrons. The molecule has 3 N–H and O–H groups in total. The van der Waals surface area contributed by atoms with Gasteiger partial charge in [0.15, 0.2) is 0 Å². The molecular formula is C30H40N2O3. The molecule has 0 aromatic heterocycles. The lowest BCUT2D eigenvalue weighted by Gasteiger charge is -2.37. The Morgan fingerprint density at radius 3 is 2.43 bits per heavy atom. The van der Waals surface area contributed by atoms with Gasteiger partial charge in [0, 0.05) is 5.69 Å². The number of para-hydroxylation sites is 1. The van der Waals surface area contributed by atoms with Crippen molar-refractivity contribution in [3.05, 3.63) is 65.2 Å². The Morgan fingerprint density at radius 1 is 1.09 bits per heavy atom. The lowest BCUT2D eigenvalue weighted by atomic mass is 9.75. The van der Waals surface area contributed by atoms with Crippen LogP contribution in [0.3, 0.4) is 0 Å². The van der Waals surface area contributed by atoms with Gasteiger partial charge >= 0.3 is 5.97 Å². The van der Waals surface area contributed by atoms with Crippen molar-refractivity contribution in [3.8, 4) is 0 Å². The van der Waals surface area contributed by atoms with Crippen LogP contribution in [-0.2, 0) is 22.6 Å². The van der Waals surface area contributed by atoms with Crippen LogP contribution >= 0.6 is 0 Å². The average molecular weight is 477 g/mol. The highest BCUT2D eigenvalue weighted by atomic mass is 16.4. The van der Waals surface area contributed by atoms with E-state index in [-0.39, 0.29) is 5.91 Å². The molecular weight excluding hydrogens is 436 g/mol. The van der Waals surface area contributed by atoms with Gasteiger partial charge in [-0.1, -0.05) is 88.4 Å². The van der Waals surface area contributed by atoms with Crippen LogP contribution in [0.15, 0.2) is 48.5 Å². The van der Waals surface area contributed by atoms with Crippen LogP contribution < -0.4 is 10.6 Å². The van der Waals surface area contributed by atoms with E-state index in [9.17, 15) is 14.7 Å². The molecule has 0 bridgehead atoms. The average Bonchev–Trinajstić information content (AvgIpc) is 2.96. The summed E-state index contributed by atoms with van der Waals surface area (Å²) in [4.78, 5) is 28.4. The summed E-state index contributed by atoms with van der Waals surface area (Å²) in [7, 11) is 0. The molecule has 1 aliphatic heterocycles. The van der Waals surface area contributed by atoms with E-state index in [1.165, 1.54) is 24.8 Å². The van der Waals surface area contributed by atoms with Crippen LogP contribution in [0.1, 0.15) is 87.8 Å². The molecule has 1 fully saturated rings. The van der Waals surface area contributed by atoms with E-state index in [2.05, 4.69) is 38.1 Å². The van der Waals surface area contributed by atoms with E-state index < -0.39 is 17.4 Å². The third kappa shape index (κ3) is 5.61. The summed E-state index contributed by atoms with van der Waals surface area (Å²) in [5.74, 6) is -1.14. The lowest BCUT2D eigenvalue weighted by molar-refractivity contribution is -0.148. The molecule has 1 saturated carbocycles. The van der Waals surface area contributed by atoms with Crippen molar-refractivity contribution in [3.63, 3.8) is 0 Å². The molecule has 2 aromatic carbocycles. The van der Waals surface area contributed by atoms with Crippen molar-refractivity contribution >= 4 is 17.6 Å². The van der Waals surface area contributed by atoms with Crippen LogP contribution in [-0.4, -0.2) is 22.5 Å². The number of fused-ring (bicyclic) bond motifs is 1. The van der Waals surface area contributed by atoms with E-state index in [4.69, 9.17) is 5.73 Å². The standard InChI is InChI=1S/C30H40N2O3/c1-21(2)24-15-12-23(13-16-24)20-32-27-11-7-6-10-25(27)18-19-30(31,29(32)35)26(28(33)34)17-14-22-8-4-3-5-9-22/h6-7,10-13,15-16,21-22,26H,3-5,8-9,14,17-20,31H2,1-2H3,(H,33,34)/t26-,30?/m1/s1. The summed E-state index contributed by atoms with van der Waals surface area (Å²) in [6, 6.07) is 16.2. The number of carboxylic acids is 1. The summed E-state index contributed by atoms with van der Waals surface area (Å²) in [5, 5.41) is 10.3. The highest BCUT2D eigenvalue weighted by Crippen LogP contribution is 2.38. The molecule has 5 heteroatoms. The molecule has 0 radical (unpaired) electrons. The van der Waals surface area contributed by atoms with Gasteiger partial charge in [0.05, 0.1) is 12.5 Å². The smallest absolute Gasteiger partial charge is 0.308 e. The molecule has 5 nitrogen and oxygen atoms in total. The molecule has 2 atom stereocenters. The number of anilines is 1. The number of carboxylic acid groups (broad SMARTS) is 1. The monoisotopic (exact) mass is 476 g/mol. The molecule has 1 unspecified atom stereocenters. The Hall–Kier alpha value is -2.66. The fourth-order valence-corrected chi connectivity index (χ4v) is 5.94. The Bertz CT molecular complexity index is 1030. The summed E-state index contributed by atoms with van der Waals surface area (Å²) in [5.41, 5.74) is 9.59. The molecule has 0 spiro atoms. The Balaban J connectivity index is 1.63. The van der Waals surface area contributed by atoms with E-state index in [0.29, 0.717) is 37.6 Å². The number of benzene rings is 2. The van der Waals surface area contributed by atoms with Gasteiger partial charge < -0.3 is 15.7 Å². The zero-order chi connectivity index (χ0) is 25.0. The van der Waals surface area contributed by atoms with Gasteiger partial charge in [0.25, 0.3) is 0 Å². The minimum Gasteiger partial charge on any atom is -0.481 e. The predicted molar refractivity (Wildman–Crippen MR) is 140 cm³/mol. The first-order chi connectivity index (χ1) is 16.8. The number of hydrogen-bond donors (Lipinski definition) is 2. The number of nitrogens with zero attached hydrogens (tertiary/aromatic N) is 1. The largest absolute Gasteiger partial charge is 0.481 e. The van der Waals surface area contributed by atoms with Gasteiger partial charge in [-0.3, -0.25) is 9.59 Å². The number of rotatable bonds is 8. The van der Waals surface area contributed by atoms with Gasteiger partial charge in [0.1, 0.15) is 5.54 Å². The van der Waals surface area contributed by atoms with Gasteiger partial charge in [0.2, 0.25) is 5.91 Å². The highest BCUT2D eigenvalue weighted by Gasteiger charge is 2.49. The third-order valence-electron chi connectivity index (χ3n) is 8.23. The molecule has 2 aliphatic rings. The molecule has 0 saturated heterocycles. The van der Waals surface area contributed by atoms with E-state index in [1.54, 1.807) is 4.90 Å². The van der Waals surface area contributed by atoms with E-state index >= 15 is 0 Å². The van der Waals surface area contributed by atoms with E-state index in [0.717, 1.165) is 36.1 Å². The Kier molecular flexibility index (Phi) is 7.95. The molecule has 4 rings (SSSR count). The first-order valence-electron chi connectivity index (χ1n) is 13.3. The maximum absolute atomic E-state index is 14.1. The normalized spacial score (nSPS) is 22.1. The van der Waals surface area contributed by atoms with E-state index in [1.807, 2.05) is 24.3 Å². The second-order valence-electron chi connectivity index (χ2n) is 10.9. The van der Waals surface area contributed by atoms with Gasteiger partial charge in [-0.2, -0.15) is 0 Å². The number of carbonyl (C=O) groups is 2. The first-order valence-corrected chi connectivity index (χ1v) is 13.3. The third-order valence-corrected chi connectivity index (χ3v) is 8.23. The number of carbonyl (C=O) groups excluding carboxylic acids is 1. The van der Waals surface area contributed by atoms with Crippen LogP contribution in [0.5, 0.6) is 0 Å². The lowest BCUT2D eigenvalue weighted by Crippen LogP contribution is -2.61. The second kappa shape index (κ2) is 10.9. The Labute approximate surface area is 209 Å². The first kappa shape index (κ1) is 25.4. The van der Waals surface area contributed by atoms with Crippen molar-refractivity contribution in [2.45, 2.75) is 89.6 Å². The fourth-order valence-electron chi connectivity index (χ4n) is 5.94. The SMILES string of the molecule is CC(C)c1ccc(CN2C(=O)C(N)([C@H](CCC3CCCCC3)C(=O)O)CCc3ccccc32)cc1. The maximum atomic E-state index is 14.1.